The fraction of sp³-hybridized carbons (Fsp3) is 0. The Bertz CT molecular complexity index is 1120. The maximum atomic E-state index is 11.9. The van der Waals surface area contributed by atoms with Crippen molar-refractivity contribution in [3.8, 4) is 0 Å². The third kappa shape index (κ3) is 1.27. The summed E-state index contributed by atoms with van der Waals surface area (Å²) in [5.41, 5.74) is -0.348. The van der Waals surface area contributed by atoms with Crippen molar-refractivity contribution in [2.75, 3.05) is 0 Å². The average molecular weight is 269 g/mol. The van der Waals surface area contributed by atoms with Gasteiger partial charge in [0.15, 0.2) is 0 Å². The number of H-pyrrole nitrogens is 1. The molecular weight excluding hydrogens is 262 g/mol. The first-order valence-electron chi connectivity index (χ1n) is 5.65. The Kier molecular flexibility index (Phi) is 1.84. The summed E-state index contributed by atoms with van der Waals surface area (Å²) in [5, 5.41) is 2.41. The van der Waals surface area contributed by atoms with Crippen molar-refractivity contribution in [2.24, 2.45) is 0 Å². The number of hydrogen-bond acceptors (Lipinski definition) is 4. The fourth-order valence-electron chi connectivity index (χ4n) is 2.49. The van der Waals surface area contributed by atoms with Crippen LogP contribution in [-0.4, -0.2) is 4.98 Å². The number of hydrogen-bond donors (Lipinski definition) is 1. The highest BCUT2D eigenvalue weighted by Gasteiger charge is 2.14. The molecular formula is C14H7NO3S. The Labute approximate surface area is 109 Å². The maximum Gasteiger partial charge on any atom is 0.346 e. The topological polar surface area (TPSA) is 63.1 Å². The molecule has 0 radical (unpaired) electrons. The van der Waals surface area contributed by atoms with Crippen molar-refractivity contribution in [3.05, 3.63) is 49.8 Å². The second-order valence-corrected chi connectivity index (χ2v) is 5.46. The molecule has 0 aliphatic rings. The van der Waals surface area contributed by atoms with E-state index in [0.29, 0.717) is 16.2 Å². The van der Waals surface area contributed by atoms with Gasteiger partial charge in [0.25, 0.3) is 0 Å². The van der Waals surface area contributed by atoms with Crippen LogP contribution in [0.5, 0.6) is 0 Å². The number of thiazole rings is 1. The van der Waals surface area contributed by atoms with Gasteiger partial charge in [-0.05, 0) is 12.1 Å². The summed E-state index contributed by atoms with van der Waals surface area (Å²) in [7, 11) is 0. The predicted octanol–water partition coefficient (Wildman–Crippen LogP) is 1.98. The Hall–Kier alpha value is -2.40. The number of rotatable bonds is 0. The Morgan fingerprint density at radius 3 is 2.68 bits per heavy atom. The smallest absolute Gasteiger partial charge is 0.346 e. The molecule has 0 aliphatic heterocycles. The number of benzene rings is 2. The van der Waals surface area contributed by atoms with Gasteiger partial charge < -0.3 is 9.40 Å². The van der Waals surface area contributed by atoms with Gasteiger partial charge in [-0.3, -0.25) is 0 Å². The van der Waals surface area contributed by atoms with Gasteiger partial charge in [-0.2, -0.15) is 0 Å². The van der Waals surface area contributed by atoms with Gasteiger partial charge in [-0.25, -0.2) is 9.59 Å². The van der Waals surface area contributed by atoms with Crippen LogP contribution in [0.15, 0.2) is 38.3 Å². The zero-order chi connectivity index (χ0) is 13.1. The van der Waals surface area contributed by atoms with Gasteiger partial charge in [0.2, 0.25) is 0 Å². The molecule has 0 bridgehead atoms. The zero-order valence-corrected chi connectivity index (χ0v) is 10.5. The normalized spacial score (nSPS) is 11.8. The fourth-order valence-corrected chi connectivity index (χ4v) is 3.39. The van der Waals surface area contributed by atoms with E-state index in [2.05, 4.69) is 11.6 Å². The van der Waals surface area contributed by atoms with Gasteiger partial charge in [0.1, 0.15) is 0 Å². The van der Waals surface area contributed by atoms with Crippen LogP contribution < -0.4 is 15.9 Å². The highest BCUT2D eigenvalue weighted by molar-refractivity contribution is 7.17. The summed E-state index contributed by atoms with van der Waals surface area (Å²) in [6, 6.07) is 7.09. The van der Waals surface area contributed by atoms with Crippen molar-refractivity contribution in [3.63, 3.8) is 0 Å². The summed E-state index contributed by atoms with van der Waals surface area (Å²) < 4.78 is 6.55. The van der Waals surface area contributed by atoms with Crippen LogP contribution in [0.1, 0.15) is 0 Å². The number of aromatic nitrogens is 1. The van der Waals surface area contributed by atoms with E-state index in [1.807, 2.05) is 6.07 Å². The summed E-state index contributed by atoms with van der Waals surface area (Å²) in [6.07, 6.45) is 0. The molecule has 2 heterocycles. The SMILES string of the molecule is C=c1[nH]c2cc3c(=O)oc(=O)c4cccc(c2s1)c43. The van der Waals surface area contributed by atoms with E-state index in [1.54, 1.807) is 18.2 Å². The van der Waals surface area contributed by atoms with Crippen molar-refractivity contribution in [1.29, 1.82) is 0 Å². The van der Waals surface area contributed by atoms with Gasteiger partial charge >= 0.3 is 11.3 Å². The molecule has 19 heavy (non-hydrogen) atoms. The molecule has 4 aromatic rings. The monoisotopic (exact) mass is 269 g/mol. The summed E-state index contributed by atoms with van der Waals surface area (Å²) in [4.78, 5) is 26.7. The third-order valence-corrected chi connectivity index (χ3v) is 4.23. The van der Waals surface area contributed by atoms with Crippen LogP contribution in [-0.2, 0) is 0 Å². The van der Waals surface area contributed by atoms with Crippen LogP contribution in [0.3, 0.4) is 0 Å². The van der Waals surface area contributed by atoms with Crippen molar-refractivity contribution in [1.82, 2.24) is 4.98 Å². The maximum absolute atomic E-state index is 11.9. The minimum absolute atomic E-state index is 0.423. The quantitative estimate of drug-likeness (QED) is 0.531. The molecule has 5 heteroatoms. The molecule has 0 spiro atoms. The Balaban J connectivity index is 2.55. The standard InChI is InChI=1S/C14H7NO3S/c1-6-15-10-5-9-11-7(12(10)19-6)3-2-4-8(11)13(16)18-14(9)17/h2-5,15H,1H2. The lowest BCUT2D eigenvalue weighted by Crippen LogP contribution is -2.12. The second-order valence-electron chi connectivity index (χ2n) is 4.36. The molecule has 2 aromatic carbocycles. The van der Waals surface area contributed by atoms with Crippen LogP contribution in [0.25, 0.3) is 38.3 Å². The summed E-state index contributed by atoms with van der Waals surface area (Å²) in [5.74, 6) is 0. The highest BCUT2D eigenvalue weighted by Crippen LogP contribution is 2.30. The number of fused-ring (bicyclic) bond motifs is 2. The van der Waals surface area contributed by atoms with Crippen molar-refractivity contribution in [2.45, 2.75) is 0 Å². The lowest BCUT2D eigenvalue weighted by Gasteiger charge is -2.03. The first-order valence-corrected chi connectivity index (χ1v) is 6.47. The minimum atomic E-state index is -0.596. The van der Waals surface area contributed by atoms with E-state index in [1.165, 1.54) is 11.3 Å². The zero-order valence-electron chi connectivity index (χ0n) is 9.65. The Morgan fingerprint density at radius 2 is 1.84 bits per heavy atom. The van der Waals surface area contributed by atoms with E-state index >= 15 is 0 Å². The van der Waals surface area contributed by atoms with Crippen LogP contribution >= 0.6 is 11.3 Å². The van der Waals surface area contributed by atoms with Crippen LogP contribution in [0.2, 0.25) is 0 Å². The van der Waals surface area contributed by atoms with Crippen molar-refractivity contribution < 1.29 is 4.42 Å². The van der Waals surface area contributed by atoms with Gasteiger partial charge in [0.05, 0.1) is 25.7 Å². The first kappa shape index (κ1) is 10.5. The van der Waals surface area contributed by atoms with Crippen molar-refractivity contribution >= 4 is 49.7 Å². The van der Waals surface area contributed by atoms with Gasteiger partial charge in [0, 0.05) is 10.8 Å². The molecule has 0 saturated carbocycles. The van der Waals surface area contributed by atoms with Crippen LogP contribution in [0, 0.1) is 0 Å². The van der Waals surface area contributed by atoms with E-state index in [-0.39, 0.29) is 0 Å². The van der Waals surface area contributed by atoms with Gasteiger partial charge in [-0.1, -0.05) is 18.7 Å². The molecule has 0 atom stereocenters. The lowest BCUT2D eigenvalue weighted by atomic mass is 10.0. The molecule has 0 aliphatic carbocycles. The highest BCUT2D eigenvalue weighted by atomic mass is 32.1. The molecule has 4 rings (SSSR count). The molecule has 0 amide bonds. The van der Waals surface area contributed by atoms with E-state index in [0.717, 1.165) is 20.3 Å². The molecule has 0 unspecified atom stereocenters. The lowest BCUT2D eigenvalue weighted by molar-refractivity contribution is 0.489. The molecule has 92 valence electrons. The second kappa shape index (κ2) is 3.33. The largest absolute Gasteiger partial charge is 0.386 e. The molecule has 0 fully saturated rings. The van der Waals surface area contributed by atoms with Gasteiger partial charge in [-0.15, -0.1) is 11.3 Å². The molecule has 1 N–H and O–H groups in total. The van der Waals surface area contributed by atoms with E-state index in [4.69, 9.17) is 4.42 Å². The minimum Gasteiger partial charge on any atom is -0.386 e. The molecule has 0 saturated heterocycles. The average Bonchev–Trinajstić information content (AvgIpc) is 2.76. The first-order chi connectivity index (χ1) is 9.15. The molecule has 4 nitrogen and oxygen atoms in total. The predicted molar refractivity (Wildman–Crippen MR) is 76.7 cm³/mol. The summed E-state index contributed by atoms with van der Waals surface area (Å²) >= 11 is 1.51. The van der Waals surface area contributed by atoms with E-state index < -0.39 is 11.3 Å². The van der Waals surface area contributed by atoms with Crippen LogP contribution in [0.4, 0.5) is 0 Å². The third-order valence-electron chi connectivity index (χ3n) is 3.24. The number of aromatic amines is 1. The summed E-state index contributed by atoms with van der Waals surface area (Å²) in [6.45, 7) is 3.87. The van der Waals surface area contributed by atoms with E-state index in [9.17, 15) is 9.59 Å². The Morgan fingerprint density at radius 1 is 1.11 bits per heavy atom. The number of nitrogens with one attached hydrogen (secondary N) is 1. The molecule has 2 aromatic heterocycles.